The van der Waals surface area contributed by atoms with Gasteiger partial charge in [0, 0.05) is 30.4 Å². The molecule has 0 radical (unpaired) electrons. The molecule has 0 bridgehead atoms. The van der Waals surface area contributed by atoms with Gasteiger partial charge in [-0.1, -0.05) is 6.07 Å². The van der Waals surface area contributed by atoms with Crippen LogP contribution in [0.3, 0.4) is 0 Å². The summed E-state index contributed by atoms with van der Waals surface area (Å²) in [6.45, 7) is 3.99. The van der Waals surface area contributed by atoms with Gasteiger partial charge in [-0.05, 0) is 38.0 Å². The Bertz CT molecular complexity index is 616. The molecule has 0 aromatic heterocycles. The number of rotatable bonds is 8. The van der Waals surface area contributed by atoms with Gasteiger partial charge in [0.15, 0.2) is 17.5 Å². The first-order valence-corrected chi connectivity index (χ1v) is 9.91. The van der Waals surface area contributed by atoms with Gasteiger partial charge < -0.3 is 24.8 Å². The summed E-state index contributed by atoms with van der Waals surface area (Å²) in [4.78, 5) is 4.32. The topological polar surface area (TPSA) is 64.1 Å². The summed E-state index contributed by atoms with van der Waals surface area (Å²) in [5.74, 6) is 4.09. The minimum absolute atomic E-state index is 0.310. The fourth-order valence-corrected chi connectivity index (χ4v) is 4.39. The van der Waals surface area contributed by atoms with Crippen LogP contribution in [0.1, 0.15) is 25.3 Å². The van der Waals surface area contributed by atoms with Crippen LogP contribution in [0.4, 0.5) is 0 Å². The molecule has 2 N–H and O–H groups in total. The second-order valence-corrected chi connectivity index (χ2v) is 8.18. The summed E-state index contributed by atoms with van der Waals surface area (Å²) in [5, 5.41) is 6.83. The monoisotopic (exact) mass is 381 g/mol. The number of aliphatic imine (C=N–C) groups is 1. The SMILES string of the molecule is CN=C(NCCc1ccc(OC)c(OC)c1OC)NCC1(C)CCCS1. The quantitative estimate of drug-likeness (QED) is 0.533. The summed E-state index contributed by atoms with van der Waals surface area (Å²) in [6.07, 6.45) is 3.34. The molecular weight excluding hydrogens is 350 g/mol. The summed E-state index contributed by atoms with van der Waals surface area (Å²) in [6, 6.07) is 3.91. The van der Waals surface area contributed by atoms with E-state index >= 15 is 0 Å². The van der Waals surface area contributed by atoms with Crippen molar-refractivity contribution in [1.82, 2.24) is 10.6 Å². The molecule has 0 aliphatic carbocycles. The molecule has 7 heteroatoms. The number of nitrogens with one attached hydrogen (secondary N) is 2. The Morgan fingerprint density at radius 1 is 1.15 bits per heavy atom. The average Bonchev–Trinajstić information content (AvgIpc) is 3.10. The van der Waals surface area contributed by atoms with Crippen LogP contribution in [-0.4, -0.2) is 57.9 Å². The molecule has 1 saturated heterocycles. The minimum Gasteiger partial charge on any atom is -0.493 e. The predicted molar refractivity (Wildman–Crippen MR) is 109 cm³/mol. The molecule has 26 heavy (non-hydrogen) atoms. The van der Waals surface area contributed by atoms with Crippen LogP contribution in [0.15, 0.2) is 17.1 Å². The Labute approximate surface area is 161 Å². The number of benzene rings is 1. The standard InChI is InChI=1S/C19H31N3O3S/c1-19(10-6-12-26-19)13-22-18(20-2)21-11-9-14-7-8-15(23-3)17(25-5)16(14)24-4/h7-8H,6,9-13H2,1-5H3,(H2,20,21,22). The predicted octanol–water partition coefficient (Wildman–Crippen LogP) is 2.71. The van der Waals surface area contributed by atoms with Gasteiger partial charge in [-0.3, -0.25) is 4.99 Å². The van der Waals surface area contributed by atoms with Crippen molar-refractivity contribution >= 4 is 17.7 Å². The van der Waals surface area contributed by atoms with E-state index in [-0.39, 0.29) is 0 Å². The van der Waals surface area contributed by atoms with E-state index in [2.05, 4.69) is 22.5 Å². The maximum Gasteiger partial charge on any atom is 0.203 e. The highest BCUT2D eigenvalue weighted by Gasteiger charge is 2.29. The number of thioether (sulfide) groups is 1. The van der Waals surface area contributed by atoms with Gasteiger partial charge in [-0.2, -0.15) is 11.8 Å². The van der Waals surface area contributed by atoms with Crippen molar-refractivity contribution < 1.29 is 14.2 Å². The Hall–Kier alpha value is -1.76. The van der Waals surface area contributed by atoms with E-state index in [9.17, 15) is 0 Å². The molecule has 146 valence electrons. The number of methoxy groups -OCH3 is 3. The molecule has 1 fully saturated rings. The lowest BCUT2D eigenvalue weighted by molar-refractivity contribution is 0.322. The Kier molecular flexibility index (Phi) is 7.75. The summed E-state index contributed by atoms with van der Waals surface area (Å²) in [5.41, 5.74) is 1.06. The number of nitrogens with zero attached hydrogens (tertiary/aromatic N) is 1. The lowest BCUT2D eigenvalue weighted by atomic mass is 10.1. The van der Waals surface area contributed by atoms with Crippen LogP contribution in [0.25, 0.3) is 0 Å². The third kappa shape index (κ3) is 5.13. The van der Waals surface area contributed by atoms with Gasteiger partial charge in [-0.25, -0.2) is 0 Å². The van der Waals surface area contributed by atoms with Crippen molar-refractivity contribution in [1.29, 1.82) is 0 Å². The molecule has 1 atom stereocenters. The van der Waals surface area contributed by atoms with E-state index in [1.807, 2.05) is 23.9 Å². The van der Waals surface area contributed by atoms with Gasteiger partial charge >= 0.3 is 0 Å². The molecule has 0 spiro atoms. The van der Waals surface area contributed by atoms with Crippen molar-refractivity contribution in [2.24, 2.45) is 4.99 Å². The summed E-state index contributed by atoms with van der Waals surface area (Å²) < 4.78 is 16.6. The molecule has 1 aromatic carbocycles. The largest absolute Gasteiger partial charge is 0.493 e. The zero-order valence-corrected chi connectivity index (χ0v) is 17.3. The van der Waals surface area contributed by atoms with Gasteiger partial charge in [0.25, 0.3) is 0 Å². The molecule has 1 heterocycles. The fourth-order valence-electron chi connectivity index (χ4n) is 3.14. The van der Waals surface area contributed by atoms with E-state index in [0.717, 1.165) is 31.0 Å². The first-order valence-electron chi connectivity index (χ1n) is 8.93. The van der Waals surface area contributed by atoms with Crippen LogP contribution >= 0.6 is 11.8 Å². The first kappa shape index (κ1) is 20.6. The smallest absolute Gasteiger partial charge is 0.203 e. The van der Waals surface area contributed by atoms with E-state index in [1.165, 1.54) is 18.6 Å². The number of guanidine groups is 1. The zero-order valence-electron chi connectivity index (χ0n) is 16.5. The number of hydrogen-bond acceptors (Lipinski definition) is 5. The Morgan fingerprint density at radius 3 is 2.50 bits per heavy atom. The average molecular weight is 382 g/mol. The van der Waals surface area contributed by atoms with Crippen LogP contribution in [0.2, 0.25) is 0 Å². The lowest BCUT2D eigenvalue weighted by Crippen LogP contribution is -2.44. The second-order valence-electron chi connectivity index (χ2n) is 6.50. The second kappa shape index (κ2) is 9.80. The van der Waals surface area contributed by atoms with E-state index in [4.69, 9.17) is 14.2 Å². The van der Waals surface area contributed by atoms with Crippen molar-refractivity contribution in [3.8, 4) is 17.2 Å². The van der Waals surface area contributed by atoms with E-state index < -0.39 is 0 Å². The Balaban J connectivity index is 1.91. The first-order chi connectivity index (χ1) is 12.6. The summed E-state index contributed by atoms with van der Waals surface area (Å²) in [7, 11) is 6.69. The minimum atomic E-state index is 0.310. The van der Waals surface area contributed by atoms with Crippen molar-refractivity contribution in [3.63, 3.8) is 0 Å². The van der Waals surface area contributed by atoms with Crippen molar-refractivity contribution in [2.75, 3.05) is 47.2 Å². The number of hydrogen-bond donors (Lipinski definition) is 2. The maximum absolute atomic E-state index is 5.54. The normalized spacial score (nSPS) is 20.0. The lowest BCUT2D eigenvalue weighted by Gasteiger charge is -2.24. The molecule has 6 nitrogen and oxygen atoms in total. The van der Waals surface area contributed by atoms with Crippen molar-refractivity contribution in [3.05, 3.63) is 17.7 Å². The third-order valence-corrected chi connectivity index (χ3v) is 6.16. The highest BCUT2D eigenvalue weighted by Crippen LogP contribution is 2.40. The van der Waals surface area contributed by atoms with Crippen LogP contribution in [0, 0.1) is 0 Å². The molecule has 1 unspecified atom stereocenters. The van der Waals surface area contributed by atoms with Crippen LogP contribution in [-0.2, 0) is 6.42 Å². The molecule has 1 aliphatic heterocycles. The summed E-state index contributed by atoms with van der Waals surface area (Å²) >= 11 is 2.04. The molecule has 0 amide bonds. The zero-order chi connectivity index (χ0) is 19.0. The molecule has 2 rings (SSSR count). The third-order valence-electron chi connectivity index (χ3n) is 4.63. The van der Waals surface area contributed by atoms with Gasteiger partial charge in [0.05, 0.1) is 21.3 Å². The highest BCUT2D eigenvalue weighted by molar-refractivity contribution is 8.00. The van der Waals surface area contributed by atoms with Crippen molar-refractivity contribution in [2.45, 2.75) is 30.9 Å². The molecule has 1 aliphatic rings. The number of ether oxygens (including phenoxy) is 3. The van der Waals surface area contributed by atoms with Gasteiger partial charge in [-0.15, -0.1) is 0 Å². The van der Waals surface area contributed by atoms with Crippen LogP contribution in [0.5, 0.6) is 17.2 Å². The molecule has 1 aromatic rings. The highest BCUT2D eigenvalue weighted by atomic mass is 32.2. The van der Waals surface area contributed by atoms with Gasteiger partial charge in [0.1, 0.15) is 0 Å². The maximum atomic E-state index is 5.54. The molecular formula is C19H31N3O3S. The van der Waals surface area contributed by atoms with E-state index in [0.29, 0.717) is 22.0 Å². The van der Waals surface area contributed by atoms with Gasteiger partial charge in [0.2, 0.25) is 5.75 Å². The Morgan fingerprint density at radius 2 is 1.92 bits per heavy atom. The van der Waals surface area contributed by atoms with E-state index in [1.54, 1.807) is 28.4 Å². The molecule has 0 saturated carbocycles. The van der Waals surface area contributed by atoms with Crippen LogP contribution < -0.4 is 24.8 Å². The fraction of sp³-hybridized carbons (Fsp3) is 0.632.